The molecule has 2 aliphatic rings. The lowest BCUT2D eigenvalue weighted by Gasteiger charge is -2.45. The molecule has 8 nitrogen and oxygen atoms in total. The van der Waals surface area contributed by atoms with Crippen molar-refractivity contribution < 1.29 is 14.3 Å². The third-order valence-electron chi connectivity index (χ3n) is 5.67. The van der Waals surface area contributed by atoms with Gasteiger partial charge < -0.3 is 15.0 Å². The lowest BCUT2D eigenvalue weighted by molar-refractivity contribution is -0.155. The maximum atomic E-state index is 12.4. The van der Waals surface area contributed by atoms with Crippen molar-refractivity contribution in [3.05, 3.63) is 47.3 Å². The summed E-state index contributed by atoms with van der Waals surface area (Å²) in [5.74, 6) is 0.00699. The number of rotatable bonds is 4. The van der Waals surface area contributed by atoms with E-state index in [0.717, 1.165) is 30.8 Å². The molecule has 29 heavy (non-hydrogen) atoms. The van der Waals surface area contributed by atoms with Gasteiger partial charge in [0.2, 0.25) is 5.91 Å². The van der Waals surface area contributed by atoms with Crippen LogP contribution in [0.15, 0.2) is 30.3 Å². The zero-order valence-corrected chi connectivity index (χ0v) is 16.9. The molecule has 2 aliphatic heterocycles. The molecule has 0 bridgehead atoms. The zero-order valence-electron chi connectivity index (χ0n) is 16.9. The summed E-state index contributed by atoms with van der Waals surface area (Å²) < 4.78 is 8.15. The van der Waals surface area contributed by atoms with Crippen LogP contribution in [0.4, 0.5) is 0 Å². The molecule has 1 unspecified atom stereocenters. The number of amides is 2. The van der Waals surface area contributed by atoms with Gasteiger partial charge in [0.15, 0.2) is 0 Å². The molecule has 3 heterocycles. The zero-order chi connectivity index (χ0) is 20.4. The van der Waals surface area contributed by atoms with Crippen LogP contribution < -0.4 is 5.32 Å². The van der Waals surface area contributed by atoms with Crippen molar-refractivity contribution in [3.63, 3.8) is 0 Å². The summed E-state index contributed by atoms with van der Waals surface area (Å²) in [7, 11) is 0. The topological polar surface area (TPSA) is 89.4 Å². The molecular weight excluding hydrogens is 370 g/mol. The van der Waals surface area contributed by atoms with Gasteiger partial charge >= 0.3 is 0 Å². The Labute approximate surface area is 170 Å². The molecule has 1 N–H and O–H groups in total. The third-order valence-corrected chi connectivity index (χ3v) is 5.67. The number of benzene rings is 1. The quantitative estimate of drug-likeness (QED) is 0.849. The Kier molecular flexibility index (Phi) is 5.36. The van der Waals surface area contributed by atoms with E-state index in [1.807, 2.05) is 41.6 Å². The number of nitrogens with one attached hydrogen (secondary N) is 1. The van der Waals surface area contributed by atoms with Crippen LogP contribution in [-0.2, 0) is 29.2 Å². The van der Waals surface area contributed by atoms with Gasteiger partial charge in [-0.25, -0.2) is 4.68 Å². The number of fused-ring (bicyclic) bond motifs is 1. The van der Waals surface area contributed by atoms with E-state index in [2.05, 4.69) is 15.6 Å². The Balaban J connectivity index is 1.42. The summed E-state index contributed by atoms with van der Waals surface area (Å²) >= 11 is 0. The average molecular weight is 397 g/mol. The first-order valence-corrected chi connectivity index (χ1v) is 10.1. The summed E-state index contributed by atoms with van der Waals surface area (Å²) in [5.41, 5.74) is 1.81. The first kappa shape index (κ1) is 19.6. The molecule has 1 saturated heterocycles. The summed E-state index contributed by atoms with van der Waals surface area (Å²) in [4.78, 5) is 26.6. The third kappa shape index (κ3) is 4.03. The van der Waals surface area contributed by atoms with Gasteiger partial charge in [0.05, 0.1) is 31.9 Å². The number of nitrogens with zero attached hydrogens (tertiary/aromatic N) is 4. The SMILES string of the molecule is CC(C)C(=O)N1CCCC2(C1)Cn1nnc(CNC(=O)c3ccccc3)c1CO2. The molecule has 8 heteroatoms. The minimum Gasteiger partial charge on any atom is -0.365 e. The highest BCUT2D eigenvalue weighted by Crippen LogP contribution is 2.32. The molecule has 154 valence electrons. The van der Waals surface area contributed by atoms with Crippen LogP contribution in [0.25, 0.3) is 0 Å². The van der Waals surface area contributed by atoms with Gasteiger partial charge in [-0.3, -0.25) is 9.59 Å². The van der Waals surface area contributed by atoms with Crippen molar-refractivity contribution in [3.8, 4) is 0 Å². The van der Waals surface area contributed by atoms with E-state index in [1.165, 1.54) is 0 Å². The fraction of sp³-hybridized carbons (Fsp3) is 0.524. The first-order valence-electron chi connectivity index (χ1n) is 10.1. The van der Waals surface area contributed by atoms with Crippen LogP contribution in [0.3, 0.4) is 0 Å². The van der Waals surface area contributed by atoms with E-state index in [-0.39, 0.29) is 17.7 Å². The molecule has 0 saturated carbocycles. The van der Waals surface area contributed by atoms with E-state index in [9.17, 15) is 9.59 Å². The first-order chi connectivity index (χ1) is 14.0. The molecule has 2 aromatic rings. The lowest BCUT2D eigenvalue weighted by Crippen LogP contribution is -2.56. The number of hydrogen-bond donors (Lipinski definition) is 1. The predicted octanol–water partition coefficient (Wildman–Crippen LogP) is 1.76. The largest absolute Gasteiger partial charge is 0.365 e. The minimum absolute atomic E-state index is 0.0181. The second kappa shape index (κ2) is 7.94. The van der Waals surface area contributed by atoms with Gasteiger partial charge in [0, 0.05) is 18.0 Å². The Morgan fingerprint density at radius 2 is 2.03 bits per heavy atom. The Hall–Kier alpha value is -2.74. The van der Waals surface area contributed by atoms with Crippen molar-refractivity contribution in [1.29, 1.82) is 0 Å². The number of carbonyl (C=O) groups is 2. The van der Waals surface area contributed by atoms with Crippen LogP contribution >= 0.6 is 0 Å². The van der Waals surface area contributed by atoms with E-state index in [0.29, 0.717) is 31.8 Å². The van der Waals surface area contributed by atoms with Gasteiger partial charge in [-0.15, -0.1) is 5.10 Å². The minimum atomic E-state index is -0.409. The average Bonchev–Trinajstić information content (AvgIpc) is 3.13. The number of hydrogen-bond acceptors (Lipinski definition) is 5. The highest BCUT2D eigenvalue weighted by Gasteiger charge is 2.42. The standard InChI is InChI=1S/C21H27N5O3/c1-15(2)20(28)25-10-6-9-21(13-25)14-26-18(12-29-21)17(23-24-26)11-22-19(27)16-7-4-3-5-8-16/h3-5,7-8,15H,6,9-14H2,1-2H3,(H,22,27). The predicted molar refractivity (Wildman–Crippen MR) is 106 cm³/mol. The molecule has 2 amide bonds. The van der Waals surface area contributed by atoms with Crippen LogP contribution in [0.5, 0.6) is 0 Å². The fourth-order valence-corrected chi connectivity index (χ4v) is 4.08. The van der Waals surface area contributed by atoms with Crippen molar-refractivity contribution in [1.82, 2.24) is 25.2 Å². The molecular formula is C21H27N5O3. The van der Waals surface area contributed by atoms with Crippen molar-refractivity contribution >= 4 is 11.8 Å². The Bertz CT molecular complexity index is 895. The molecule has 1 atom stereocenters. The highest BCUT2D eigenvalue weighted by molar-refractivity contribution is 5.94. The van der Waals surface area contributed by atoms with E-state index < -0.39 is 5.60 Å². The van der Waals surface area contributed by atoms with Gasteiger partial charge in [0.1, 0.15) is 11.3 Å². The molecule has 4 rings (SSSR count). The molecule has 1 aromatic heterocycles. The van der Waals surface area contributed by atoms with E-state index in [1.54, 1.807) is 12.1 Å². The molecule has 1 aromatic carbocycles. The Morgan fingerprint density at radius 3 is 2.79 bits per heavy atom. The lowest BCUT2D eigenvalue weighted by atomic mass is 9.90. The second-order valence-corrected chi connectivity index (χ2v) is 8.18. The normalized spacial score (nSPS) is 21.3. The van der Waals surface area contributed by atoms with Gasteiger partial charge in [-0.1, -0.05) is 37.3 Å². The molecule has 1 spiro atoms. The van der Waals surface area contributed by atoms with Crippen molar-refractivity contribution in [2.75, 3.05) is 13.1 Å². The van der Waals surface area contributed by atoms with Crippen LogP contribution in [-0.4, -0.2) is 50.4 Å². The van der Waals surface area contributed by atoms with Crippen LogP contribution in [0.1, 0.15) is 48.4 Å². The fourth-order valence-electron chi connectivity index (χ4n) is 4.08. The number of ether oxygens (including phenoxy) is 1. The highest BCUT2D eigenvalue weighted by atomic mass is 16.5. The van der Waals surface area contributed by atoms with E-state index >= 15 is 0 Å². The summed E-state index contributed by atoms with van der Waals surface area (Å²) in [6, 6.07) is 9.09. The van der Waals surface area contributed by atoms with Gasteiger partial charge in [-0.05, 0) is 25.0 Å². The van der Waals surface area contributed by atoms with E-state index in [4.69, 9.17) is 4.74 Å². The second-order valence-electron chi connectivity index (χ2n) is 8.18. The number of likely N-dealkylation sites (tertiary alicyclic amines) is 1. The maximum absolute atomic E-state index is 12.4. The summed E-state index contributed by atoms with van der Waals surface area (Å²) in [6.45, 7) is 6.48. The smallest absolute Gasteiger partial charge is 0.251 e. The summed E-state index contributed by atoms with van der Waals surface area (Å²) in [5, 5.41) is 11.4. The molecule has 1 fully saturated rings. The molecule has 0 aliphatic carbocycles. The molecule has 0 radical (unpaired) electrons. The van der Waals surface area contributed by atoms with Gasteiger partial charge in [0.25, 0.3) is 5.91 Å². The monoisotopic (exact) mass is 397 g/mol. The number of aromatic nitrogens is 3. The van der Waals surface area contributed by atoms with Crippen LogP contribution in [0.2, 0.25) is 0 Å². The summed E-state index contributed by atoms with van der Waals surface area (Å²) in [6.07, 6.45) is 1.82. The van der Waals surface area contributed by atoms with Crippen molar-refractivity contribution in [2.24, 2.45) is 5.92 Å². The number of carbonyl (C=O) groups excluding carboxylic acids is 2. The number of piperidine rings is 1. The van der Waals surface area contributed by atoms with Crippen LogP contribution in [0, 0.1) is 5.92 Å². The van der Waals surface area contributed by atoms with Crippen molar-refractivity contribution in [2.45, 2.75) is 52.0 Å². The van der Waals surface area contributed by atoms with Gasteiger partial charge in [-0.2, -0.15) is 0 Å². The maximum Gasteiger partial charge on any atom is 0.251 e. The Morgan fingerprint density at radius 1 is 1.24 bits per heavy atom.